The molecule has 0 bridgehead atoms. The average molecular weight is 722 g/mol. The van der Waals surface area contributed by atoms with Crippen molar-refractivity contribution in [3.05, 3.63) is 131 Å². The standard InChI is InChI=1S/C44H55N3O6/c1-30-40(28-47(4)31(2)42(51)36-13-7-5-8-14-36)52-44(53-43(30)37-19-17-33(29-48)18-20-37)38-23-21-35(22-24-38)39-15-11-12-34(26-39)27-46-41(50)16-9-6-10-25-45-32(3)49/h5,7-8,11-15,17-24,26,30-31,40,42-44,48,51H,6,9-10,16,25,27-29H2,1-4H3,(H,45,49)(H,46,50)/t30-,31-,40+,42-,43+,44+/m0/s1. The molecular formula is C44H55N3O6. The summed E-state index contributed by atoms with van der Waals surface area (Å²) in [5.41, 5.74) is 6.77. The van der Waals surface area contributed by atoms with Crippen molar-refractivity contribution in [2.45, 2.75) is 90.2 Å². The van der Waals surface area contributed by atoms with E-state index in [9.17, 15) is 19.8 Å². The Kier molecular flexibility index (Phi) is 14.7. The first-order valence-corrected chi connectivity index (χ1v) is 18.8. The van der Waals surface area contributed by atoms with Gasteiger partial charge in [0.1, 0.15) is 0 Å². The van der Waals surface area contributed by atoms with E-state index in [-0.39, 0.29) is 42.6 Å². The van der Waals surface area contributed by atoms with Crippen LogP contribution in [0, 0.1) is 5.92 Å². The normalized spacial score (nSPS) is 19.8. The van der Waals surface area contributed by atoms with Crippen LogP contribution >= 0.6 is 0 Å². The Morgan fingerprint density at radius 3 is 2.23 bits per heavy atom. The van der Waals surface area contributed by atoms with E-state index in [0.717, 1.165) is 58.2 Å². The summed E-state index contributed by atoms with van der Waals surface area (Å²) < 4.78 is 13.4. The Morgan fingerprint density at radius 1 is 0.811 bits per heavy atom. The first kappa shape index (κ1) is 39.8. The Hall–Kier alpha value is -4.38. The van der Waals surface area contributed by atoms with Gasteiger partial charge in [0.25, 0.3) is 0 Å². The van der Waals surface area contributed by atoms with Crippen molar-refractivity contribution in [2.75, 3.05) is 20.1 Å². The zero-order valence-electron chi connectivity index (χ0n) is 31.4. The molecule has 0 aliphatic carbocycles. The Morgan fingerprint density at radius 2 is 1.53 bits per heavy atom. The highest BCUT2D eigenvalue weighted by Gasteiger charge is 2.39. The predicted octanol–water partition coefficient (Wildman–Crippen LogP) is 7.00. The summed E-state index contributed by atoms with van der Waals surface area (Å²) in [4.78, 5) is 25.6. The molecule has 2 amide bonds. The smallest absolute Gasteiger partial charge is 0.220 e. The van der Waals surface area contributed by atoms with Crippen molar-refractivity contribution in [3.63, 3.8) is 0 Å². The largest absolute Gasteiger partial charge is 0.392 e. The van der Waals surface area contributed by atoms with E-state index in [0.29, 0.717) is 26.1 Å². The second-order valence-corrected chi connectivity index (χ2v) is 14.3. The number of hydrogen-bond donors (Lipinski definition) is 4. The van der Waals surface area contributed by atoms with Crippen LogP contribution in [0.3, 0.4) is 0 Å². The molecule has 6 atom stereocenters. The number of carbonyl (C=O) groups is 2. The topological polar surface area (TPSA) is 120 Å². The quantitative estimate of drug-likeness (QED) is 0.0867. The summed E-state index contributed by atoms with van der Waals surface area (Å²) in [7, 11) is 2.02. The number of rotatable bonds is 17. The molecule has 4 N–H and O–H groups in total. The summed E-state index contributed by atoms with van der Waals surface area (Å²) in [5, 5.41) is 26.6. The van der Waals surface area contributed by atoms with E-state index >= 15 is 0 Å². The molecular weight excluding hydrogens is 666 g/mol. The highest BCUT2D eigenvalue weighted by Crippen LogP contribution is 2.42. The van der Waals surface area contributed by atoms with Gasteiger partial charge in [0.05, 0.1) is 24.9 Å². The summed E-state index contributed by atoms with van der Waals surface area (Å²) in [6, 6.07) is 33.9. The van der Waals surface area contributed by atoms with Gasteiger partial charge < -0.3 is 30.3 Å². The predicted molar refractivity (Wildman–Crippen MR) is 207 cm³/mol. The number of hydrogen-bond acceptors (Lipinski definition) is 7. The summed E-state index contributed by atoms with van der Waals surface area (Å²) >= 11 is 0. The molecule has 0 radical (unpaired) electrons. The Bertz CT molecular complexity index is 1730. The maximum atomic E-state index is 12.4. The zero-order valence-corrected chi connectivity index (χ0v) is 31.4. The highest BCUT2D eigenvalue weighted by molar-refractivity contribution is 5.76. The van der Waals surface area contributed by atoms with Crippen molar-refractivity contribution < 1.29 is 29.3 Å². The van der Waals surface area contributed by atoms with Crippen molar-refractivity contribution in [1.29, 1.82) is 0 Å². The molecule has 282 valence electrons. The molecule has 1 saturated heterocycles. The molecule has 1 fully saturated rings. The second kappa shape index (κ2) is 19.6. The summed E-state index contributed by atoms with van der Waals surface area (Å²) in [6.45, 7) is 7.36. The van der Waals surface area contributed by atoms with Gasteiger partial charge in [0.15, 0.2) is 6.29 Å². The molecule has 1 aliphatic heterocycles. The van der Waals surface area contributed by atoms with Gasteiger partial charge in [-0.3, -0.25) is 14.5 Å². The van der Waals surface area contributed by atoms with E-state index in [1.807, 2.05) is 92.8 Å². The van der Waals surface area contributed by atoms with Crippen LogP contribution in [0.2, 0.25) is 0 Å². The molecule has 53 heavy (non-hydrogen) atoms. The van der Waals surface area contributed by atoms with E-state index in [4.69, 9.17) is 9.47 Å². The third-order valence-electron chi connectivity index (χ3n) is 10.3. The summed E-state index contributed by atoms with van der Waals surface area (Å²) in [6.07, 6.45) is 1.32. The first-order chi connectivity index (χ1) is 25.6. The van der Waals surface area contributed by atoms with Gasteiger partial charge in [-0.2, -0.15) is 0 Å². The zero-order chi connectivity index (χ0) is 37.7. The first-order valence-electron chi connectivity index (χ1n) is 18.8. The van der Waals surface area contributed by atoms with Crippen molar-refractivity contribution in [1.82, 2.24) is 15.5 Å². The van der Waals surface area contributed by atoms with Gasteiger partial charge in [-0.15, -0.1) is 0 Å². The van der Waals surface area contributed by atoms with Gasteiger partial charge in [0.2, 0.25) is 11.8 Å². The van der Waals surface area contributed by atoms with Crippen LogP contribution in [0.25, 0.3) is 11.1 Å². The van der Waals surface area contributed by atoms with Crippen LogP contribution in [0.15, 0.2) is 103 Å². The fourth-order valence-corrected chi connectivity index (χ4v) is 6.78. The lowest BCUT2D eigenvalue weighted by Crippen LogP contribution is -2.46. The minimum absolute atomic E-state index is 0.00675. The number of amides is 2. The molecule has 1 aliphatic rings. The van der Waals surface area contributed by atoms with E-state index in [1.54, 1.807) is 0 Å². The molecule has 4 aromatic carbocycles. The van der Waals surface area contributed by atoms with Crippen LogP contribution in [0.4, 0.5) is 0 Å². The third-order valence-corrected chi connectivity index (χ3v) is 10.3. The number of nitrogens with one attached hydrogen (secondary N) is 2. The lowest BCUT2D eigenvalue weighted by molar-refractivity contribution is -0.276. The van der Waals surface area contributed by atoms with Crippen LogP contribution in [0.5, 0.6) is 0 Å². The van der Waals surface area contributed by atoms with Gasteiger partial charge in [-0.05, 0) is 66.3 Å². The van der Waals surface area contributed by atoms with Crippen molar-refractivity contribution in [2.24, 2.45) is 5.92 Å². The molecule has 9 heteroatoms. The lowest BCUT2D eigenvalue weighted by atomic mass is 9.89. The molecule has 0 saturated carbocycles. The molecule has 1 heterocycles. The Balaban J connectivity index is 1.25. The minimum Gasteiger partial charge on any atom is -0.392 e. The minimum atomic E-state index is -0.644. The highest BCUT2D eigenvalue weighted by atomic mass is 16.7. The number of aliphatic hydroxyl groups excluding tert-OH is 2. The molecule has 5 rings (SSSR count). The Labute approximate surface area is 314 Å². The number of likely N-dealkylation sites (N-methyl/N-ethyl adjacent to an activating group) is 1. The molecule has 0 spiro atoms. The molecule has 9 nitrogen and oxygen atoms in total. The molecule has 0 aromatic heterocycles. The van der Waals surface area contributed by atoms with Crippen LogP contribution < -0.4 is 10.6 Å². The third kappa shape index (κ3) is 11.3. The second-order valence-electron chi connectivity index (χ2n) is 14.3. The number of carbonyl (C=O) groups excluding carboxylic acids is 2. The van der Waals surface area contributed by atoms with E-state index in [1.165, 1.54) is 6.92 Å². The monoisotopic (exact) mass is 721 g/mol. The SMILES string of the molecule is CC(=O)NCCCCCC(=O)NCc1cccc(-c2ccc([C@@H]3O[C@H](CN(C)[C@@H](C)[C@H](O)c4ccccc4)[C@H](C)[C@H](c4ccc(CO)cc4)O3)cc2)c1. The number of aliphatic hydroxyl groups is 2. The van der Waals surface area contributed by atoms with Gasteiger partial charge in [-0.1, -0.05) is 110 Å². The van der Waals surface area contributed by atoms with Crippen molar-refractivity contribution in [3.8, 4) is 11.1 Å². The fourth-order valence-electron chi connectivity index (χ4n) is 6.78. The maximum absolute atomic E-state index is 12.4. The van der Waals surface area contributed by atoms with Crippen molar-refractivity contribution >= 4 is 11.8 Å². The number of unbranched alkanes of at least 4 members (excludes halogenated alkanes) is 2. The van der Waals surface area contributed by atoms with Crippen LogP contribution in [-0.4, -0.2) is 59.2 Å². The van der Waals surface area contributed by atoms with E-state index < -0.39 is 12.4 Å². The van der Waals surface area contributed by atoms with Crippen LogP contribution in [0.1, 0.15) is 92.8 Å². The molecule has 4 aromatic rings. The lowest BCUT2D eigenvalue weighted by Gasteiger charge is -2.43. The van der Waals surface area contributed by atoms with Gasteiger partial charge in [0, 0.05) is 50.5 Å². The fraction of sp³-hybridized carbons (Fsp3) is 0.409. The van der Waals surface area contributed by atoms with E-state index in [2.05, 4.69) is 46.7 Å². The molecule has 0 unspecified atom stereocenters. The number of benzene rings is 4. The number of ether oxygens (including phenoxy) is 2. The maximum Gasteiger partial charge on any atom is 0.220 e. The average Bonchev–Trinajstić information content (AvgIpc) is 3.19. The van der Waals surface area contributed by atoms with Gasteiger partial charge >= 0.3 is 0 Å². The van der Waals surface area contributed by atoms with Crippen LogP contribution in [-0.2, 0) is 32.2 Å². The van der Waals surface area contributed by atoms with Gasteiger partial charge in [-0.25, -0.2) is 0 Å². The number of nitrogens with zero attached hydrogens (tertiary/aromatic N) is 1. The summed E-state index contributed by atoms with van der Waals surface area (Å²) in [5.74, 6) is 0.00117.